The normalized spacial score (nSPS) is 23.4. The van der Waals surface area contributed by atoms with Crippen molar-refractivity contribution in [1.82, 2.24) is 0 Å². The minimum atomic E-state index is -0.356. The molecule has 1 aliphatic carbocycles. The van der Waals surface area contributed by atoms with Crippen molar-refractivity contribution in [2.45, 2.75) is 26.2 Å². The van der Waals surface area contributed by atoms with Crippen molar-refractivity contribution in [1.29, 1.82) is 5.26 Å². The first-order valence-corrected chi connectivity index (χ1v) is 6.13. The molecule has 1 aromatic carbocycles. The van der Waals surface area contributed by atoms with E-state index in [0.29, 0.717) is 17.2 Å². The highest BCUT2D eigenvalue weighted by atomic mass is 19.1. The van der Waals surface area contributed by atoms with Gasteiger partial charge in [0, 0.05) is 12.2 Å². The van der Waals surface area contributed by atoms with Gasteiger partial charge in [0.25, 0.3) is 0 Å². The van der Waals surface area contributed by atoms with Crippen LogP contribution in [0.15, 0.2) is 18.2 Å². The number of rotatable bonds is 3. The third-order valence-corrected chi connectivity index (χ3v) is 3.63. The van der Waals surface area contributed by atoms with Gasteiger partial charge in [0.2, 0.25) is 0 Å². The van der Waals surface area contributed by atoms with Crippen molar-refractivity contribution in [2.24, 2.45) is 11.8 Å². The molecule has 90 valence electrons. The van der Waals surface area contributed by atoms with Gasteiger partial charge in [-0.05, 0) is 36.5 Å². The van der Waals surface area contributed by atoms with Gasteiger partial charge in [0.05, 0.1) is 11.6 Å². The molecule has 0 aromatic heterocycles. The number of benzene rings is 1. The number of nitrogens with one attached hydrogen (secondary N) is 1. The molecule has 1 fully saturated rings. The van der Waals surface area contributed by atoms with Crippen LogP contribution in [0.1, 0.15) is 31.7 Å². The predicted molar refractivity (Wildman–Crippen MR) is 66.1 cm³/mol. The van der Waals surface area contributed by atoms with Crippen LogP contribution in [0, 0.1) is 29.0 Å². The number of anilines is 1. The molecule has 2 atom stereocenters. The van der Waals surface area contributed by atoms with E-state index < -0.39 is 0 Å². The van der Waals surface area contributed by atoms with Crippen LogP contribution in [0.4, 0.5) is 10.1 Å². The maximum atomic E-state index is 13.2. The lowest BCUT2D eigenvalue weighted by molar-refractivity contribution is 0.439. The second-order valence-corrected chi connectivity index (χ2v) is 4.89. The molecule has 3 heteroatoms. The number of nitriles is 1. The number of nitrogens with zero attached hydrogens (tertiary/aromatic N) is 1. The number of hydrogen-bond acceptors (Lipinski definition) is 2. The van der Waals surface area contributed by atoms with E-state index in [1.54, 1.807) is 6.07 Å². The molecule has 0 saturated heterocycles. The third-order valence-electron chi connectivity index (χ3n) is 3.63. The summed E-state index contributed by atoms with van der Waals surface area (Å²) in [6, 6.07) is 6.36. The Balaban J connectivity index is 1.99. The first kappa shape index (κ1) is 11.9. The van der Waals surface area contributed by atoms with Gasteiger partial charge >= 0.3 is 0 Å². The van der Waals surface area contributed by atoms with Gasteiger partial charge in [0.15, 0.2) is 0 Å². The predicted octanol–water partition coefficient (Wildman–Crippen LogP) is 3.55. The van der Waals surface area contributed by atoms with Crippen LogP contribution >= 0.6 is 0 Å². The third kappa shape index (κ3) is 2.97. The SMILES string of the molecule is CC1CCCC1CNc1cc(F)cc(C#N)c1. The zero-order chi connectivity index (χ0) is 12.3. The summed E-state index contributed by atoms with van der Waals surface area (Å²) in [7, 11) is 0. The van der Waals surface area contributed by atoms with Gasteiger partial charge < -0.3 is 5.32 Å². The molecule has 1 aromatic rings. The monoisotopic (exact) mass is 232 g/mol. The molecule has 0 aliphatic heterocycles. The lowest BCUT2D eigenvalue weighted by Gasteiger charge is -2.16. The highest BCUT2D eigenvalue weighted by molar-refractivity contribution is 5.49. The van der Waals surface area contributed by atoms with E-state index in [4.69, 9.17) is 5.26 Å². The van der Waals surface area contributed by atoms with E-state index in [9.17, 15) is 4.39 Å². The standard InChI is InChI=1S/C14H17FN2/c1-10-3-2-4-12(10)9-17-14-6-11(8-16)5-13(15)7-14/h5-7,10,12,17H,2-4,9H2,1H3. The molecule has 2 rings (SSSR count). The zero-order valence-electron chi connectivity index (χ0n) is 10.0. The summed E-state index contributed by atoms with van der Waals surface area (Å²) >= 11 is 0. The molecular formula is C14H17FN2. The highest BCUT2D eigenvalue weighted by Crippen LogP contribution is 2.31. The summed E-state index contributed by atoms with van der Waals surface area (Å²) in [6.07, 6.45) is 3.83. The molecule has 0 heterocycles. The van der Waals surface area contributed by atoms with Crippen LogP contribution in [0.2, 0.25) is 0 Å². The molecule has 1 aliphatic rings. The maximum Gasteiger partial charge on any atom is 0.126 e. The average molecular weight is 232 g/mol. The second-order valence-electron chi connectivity index (χ2n) is 4.89. The van der Waals surface area contributed by atoms with Crippen LogP contribution in [-0.2, 0) is 0 Å². The van der Waals surface area contributed by atoms with E-state index in [1.807, 2.05) is 6.07 Å². The molecule has 2 unspecified atom stereocenters. The topological polar surface area (TPSA) is 35.8 Å². The van der Waals surface area contributed by atoms with Crippen molar-refractivity contribution in [3.8, 4) is 6.07 Å². The minimum absolute atomic E-state index is 0.356. The van der Waals surface area contributed by atoms with Gasteiger partial charge in [-0.15, -0.1) is 0 Å². The Hall–Kier alpha value is -1.56. The van der Waals surface area contributed by atoms with Gasteiger partial charge in [0.1, 0.15) is 5.82 Å². The number of halogens is 1. The highest BCUT2D eigenvalue weighted by Gasteiger charge is 2.22. The Morgan fingerprint density at radius 1 is 1.41 bits per heavy atom. The lowest BCUT2D eigenvalue weighted by atomic mass is 9.98. The van der Waals surface area contributed by atoms with Crippen LogP contribution in [0.3, 0.4) is 0 Å². The van der Waals surface area contributed by atoms with Gasteiger partial charge in [-0.1, -0.05) is 19.8 Å². The molecule has 0 bridgehead atoms. The van der Waals surface area contributed by atoms with Crippen molar-refractivity contribution >= 4 is 5.69 Å². The fourth-order valence-electron chi connectivity index (χ4n) is 2.53. The molecule has 2 nitrogen and oxygen atoms in total. The van der Waals surface area contributed by atoms with E-state index in [2.05, 4.69) is 12.2 Å². The van der Waals surface area contributed by atoms with Crippen LogP contribution in [0.5, 0.6) is 0 Å². The maximum absolute atomic E-state index is 13.2. The van der Waals surface area contributed by atoms with Gasteiger partial charge in [-0.25, -0.2) is 4.39 Å². The van der Waals surface area contributed by atoms with Crippen LogP contribution in [-0.4, -0.2) is 6.54 Å². The summed E-state index contributed by atoms with van der Waals surface area (Å²) in [5, 5.41) is 12.0. The van der Waals surface area contributed by atoms with Crippen LogP contribution in [0.25, 0.3) is 0 Å². The molecule has 1 N–H and O–H groups in total. The average Bonchev–Trinajstić information content (AvgIpc) is 2.71. The van der Waals surface area contributed by atoms with E-state index in [1.165, 1.54) is 31.4 Å². The Labute approximate surface area is 101 Å². The molecule has 17 heavy (non-hydrogen) atoms. The Kier molecular flexibility index (Phi) is 3.63. The van der Waals surface area contributed by atoms with E-state index in [-0.39, 0.29) is 5.82 Å². The van der Waals surface area contributed by atoms with Crippen molar-refractivity contribution in [2.75, 3.05) is 11.9 Å². The first-order chi connectivity index (χ1) is 8.19. The first-order valence-electron chi connectivity index (χ1n) is 6.13. The van der Waals surface area contributed by atoms with E-state index in [0.717, 1.165) is 12.5 Å². The molecule has 0 amide bonds. The quantitative estimate of drug-likeness (QED) is 0.865. The second kappa shape index (κ2) is 5.18. The fourth-order valence-corrected chi connectivity index (χ4v) is 2.53. The summed E-state index contributed by atoms with van der Waals surface area (Å²) in [6.45, 7) is 3.14. The Morgan fingerprint density at radius 2 is 2.24 bits per heavy atom. The summed E-state index contributed by atoms with van der Waals surface area (Å²) in [5.41, 5.74) is 1.08. The lowest BCUT2D eigenvalue weighted by Crippen LogP contribution is -2.16. The van der Waals surface area contributed by atoms with Crippen molar-refractivity contribution in [3.05, 3.63) is 29.6 Å². The fraction of sp³-hybridized carbons (Fsp3) is 0.500. The van der Waals surface area contributed by atoms with Crippen molar-refractivity contribution in [3.63, 3.8) is 0 Å². The summed E-state index contributed by atoms with van der Waals surface area (Å²) in [4.78, 5) is 0. The van der Waals surface area contributed by atoms with Gasteiger partial charge in [-0.2, -0.15) is 5.26 Å². The molecule has 0 radical (unpaired) electrons. The number of hydrogen-bond donors (Lipinski definition) is 1. The van der Waals surface area contributed by atoms with Crippen molar-refractivity contribution < 1.29 is 4.39 Å². The van der Waals surface area contributed by atoms with Crippen LogP contribution < -0.4 is 5.32 Å². The van der Waals surface area contributed by atoms with E-state index >= 15 is 0 Å². The largest absolute Gasteiger partial charge is 0.385 e. The van der Waals surface area contributed by atoms with Gasteiger partial charge in [-0.3, -0.25) is 0 Å². The Bertz CT molecular complexity index is 436. The smallest absolute Gasteiger partial charge is 0.126 e. The molecular weight excluding hydrogens is 215 g/mol. The Morgan fingerprint density at radius 3 is 2.88 bits per heavy atom. The zero-order valence-corrected chi connectivity index (χ0v) is 10.0. The summed E-state index contributed by atoms with van der Waals surface area (Å²) in [5.74, 6) is 1.06. The molecule has 0 spiro atoms. The minimum Gasteiger partial charge on any atom is -0.385 e. The molecule has 1 saturated carbocycles. The summed E-state index contributed by atoms with van der Waals surface area (Å²) < 4.78 is 13.2.